The van der Waals surface area contributed by atoms with E-state index in [0.29, 0.717) is 34.4 Å². The van der Waals surface area contributed by atoms with Gasteiger partial charge in [0.1, 0.15) is 17.3 Å². The second kappa shape index (κ2) is 8.81. The van der Waals surface area contributed by atoms with Crippen molar-refractivity contribution in [2.24, 2.45) is 0 Å². The lowest BCUT2D eigenvalue weighted by Gasteiger charge is -2.12. The molecule has 0 saturated heterocycles. The van der Waals surface area contributed by atoms with Gasteiger partial charge in [-0.15, -0.1) is 10.2 Å². The highest BCUT2D eigenvalue weighted by molar-refractivity contribution is 5.91. The van der Waals surface area contributed by atoms with Crippen LogP contribution in [0.2, 0.25) is 0 Å². The molecule has 0 spiro atoms. The molecule has 0 saturated carbocycles. The van der Waals surface area contributed by atoms with Crippen LogP contribution in [0.3, 0.4) is 0 Å². The largest absolute Gasteiger partial charge is 0.497 e. The van der Waals surface area contributed by atoms with E-state index in [1.165, 1.54) is 12.1 Å². The number of amides is 1. The minimum Gasteiger partial charge on any atom is -0.497 e. The molecular weight excluding hydrogens is 363 g/mol. The van der Waals surface area contributed by atoms with E-state index in [1.807, 2.05) is 0 Å². The van der Waals surface area contributed by atoms with Gasteiger partial charge in [-0.05, 0) is 42.0 Å². The average molecular weight is 382 g/mol. The smallest absolute Gasteiger partial charge is 0.229 e. The Bertz CT molecular complexity index is 947. The second-order valence-electron chi connectivity index (χ2n) is 5.85. The van der Waals surface area contributed by atoms with E-state index >= 15 is 0 Å². The second-order valence-corrected chi connectivity index (χ2v) is 5.85. The van der Waals surface area contributed by atoms with Crippen LogP contribution < -0.4 is 20.1 Å². The molecule has 28 heavy (non-hydrogen) atoms. The molecule has 1 amide bonds. The third kappa shape index (κ3) is 4.94. The fourth-order valence-corrected chi connectivity index (χ4v) is 2.49. The summed E-state index contributed by atoms with van der Waals surface area (Å²) in [7, 11) is 3.15. The van der Waals surface area contributed by atoms with Crippen molar-refractivity contribution in [1.82, 2.24) is 10.2 Å². The third-order valence-corrected chi connectivity index (χ3v) is 3.88. The predicted octanol–water partition coefficient (Wildman–Crippen LogP) is 3.56. The normalized spacial score (nSPS) is 10.2. The SMILES string of the molecule is COc1ccc(OC)c(Nc2ccc(NC(=O)Cc3ccc(F)cc3)nn2)c1. The molecular formula is C20H19FN4O3. The van der Waals surface area contributed by atoms with Gasteiger partial charge in [-0.1, -0.05) is 12.1 Å². The van der Waals surface area contributed by atoms with E-state index in [0.717, 1.165) is 0 Å². The van der Waals surface area contributed by atoms with Gasteiger partial charge in [0, 0.05) is 6.07 Å². The Morgan fingerprint density at radius 3 is 2.32 bits per heavy atom. The number of rotatable bonds is 7. The first-order valence-corrected chi connectivity index (χ1v) is 8.44. The predicted molar refractivity (Wildman–Crippen MR) is 104 cm³/mol. The van der Waals surface area contributed by atoms with Gasteiger partial charge in [0.05, 0.1) is 26.3 Å². The quantitative estimate of drug-likeness (QED) is 0.650. The number of benzene rings is 2. The standard InChI is InChI=1S/C20H19FN4O3/c1-27-15-7-8-17(28-2)16(12-15)22-18-9-10-19(25-24-18)23-20(26)11-13-3-5-14(21)6-4-13/h3-10,12H,11H2,1-2H3,(H,22,24)(H,23,25,26). The maximum Gasteiger partial charge on any atom is 0.229 e. The van der Waals surface area contributed by atoms with E-state index in [1.54, 1.807) is 56.7 Å². The fraction of sp³-hybridized carbons (Fsp3) is 0.150. The zero-order valence-electron chi connectivity index (χ0n) is 15.4. The minimum absolute atomic E-state index is 0.114. The van der Waals surface area contributed by atoms with E-state index in [4.69, 9.17) is 9.47 Å². The summed E-state index contributed by atoms with van der Waals surface area (Å²) in [5.41, 5.74) is 1.37. The van der Waals surface area contributed by atoms with Crippen LogP contribution in [0.15, 0.2) is 54.6 Å². The van der Waals surface area contributed by atoms with E-state index < -0.39 is 0 Å². The van der Waals surface area contributed by atoms with Crippen LogP contribution >= 0.6 is 0 Å². The Morgan fingerprint density at radius 2 is 1.68 bits per heavy atom. The summed E-state index contributed by atoms with van der Waals surface area (Å²) >= 11 is 0. The Morgan fingerprint density at radius 1 is 0.964 bits per heavy atom. The molecule has 0 aliphatic heterocycles. The zero-order valence-corrected chi connectivity index (χ0v) is 15.4. The lowest BCUT2D eigenvalue weighted by molar-refractivity contribution is -0.115. The number of hydrogen-bond acceptors (Lipinski definition) is 6. The Balaban J connectivity index is 1.63. The van der Waals surface area contributed by atoms with Crippen LogP contribution in [0.25, 0.3) is 0 Å². The van der Waals surface area contributed by atoms with Crippen molar-refractivity contribution in [3.05, 3.63) is 66.0 Å². The molecule has 144 valence electrons. The van der Waals surface area contributed by atoms with Crippen LogP contribution in [0, 0.1) is 5.82 Å². The minimum atomic E-state index is -0.342. The first-order valence-electron chi connectivity index (χ1n) is 8.44. The topological polar surface area (TPSA) is 85.4 Å². The van der Waals surface area contributed by atoms with Gasteiger partial charge in [-0.2, -0.15) is 0 Å². The first-order chi connectivity index (χ1) is 13.6. The van der Waals surface area contributed by atoms with Crippen molar-refractivity contribution in [3.63, 3.8) is 0 Å². The van der Waals surface area contributed by atoms with Gasteiger partial charge in [0.2, 0.25) is 5.91 Å². The highest BCUT2D eigenvalue weighted by atomic mass is 19.1. The Labute approximate surface area is 161 Å². The van der Waals surface area contributed by atoms with Crippen LogP contribution in [-0.4, -0.2) is 30.3 Å². The molecule has 7 nitrogen and oxygen atoms in total. The van der Waals surface area contributed by atoms with Gasteiger partial charge >= 0.3 is 0 Å². The van der Waals surface area contributed by atoms with E-state index in [2.05, 4.69) is 20.8 Å². The fourth-order valence-electron chi connectivity index (χ4n) is 2.49. The molecule has 2 aromatic carbocycles. The van der Waals surface area contributed by atoms with E-state index in [-0.39, 0.29) is 18.1 Å². The molecule has 1 aromatic heterocycles. The number of ether oxygens (including phenoxy) is 2. The highest BCUT2D eigenvalue weighted by Gasteiger charge is 2.09. The Hall–Kier alpha value is -3.68. The maximum absolute atomic E-state index is 12.9. The average Bonchev–Trinajstić information content (AvgIpc) is 2.71. The molecule has 0 aliphatic rings. The number of carbonyl (C=O) groups is 1. The summed E-state index contributed by atoms with van der Waals surface area (Å²) in [6, 6.07) is 14.4. The van der Waals surface area contributed by atoms with Crippen LogP contribution in [0.4, 0.5) is 21.7 Å². The number of halogens is 1. The summed E-state index contributed by atoms with van der Waals surface area (Å²) < 4.78 is 23.4. The van der Waals surface area contributed by atoms with Crippen molar-refractivity contribution in [2.45, 2.75) is 6.42 Å². The zero-order chi connectivity index (χ0) is 19.9. The summed E-state index contributed by atoms with van der Waals surface area (Å²) in [5.74, 6) is 1.47. The van der Waals surface area contributed by atoms with Gasteiger partial charge in [-0.3, -0.25) is 4.79 Å². The number of hydrogen-bond donors (Lipinski definition) is 2. The lowest BCUT2D eigenvalue weighted by atomic mass is 10.1. The van der Waals surface area contributed by atoms with E-state index in [9.17, 15) is 9.18 Å². The lowest BCUT2D eigenvalue weighted by Crippen LogP contribution is -2.15. The molecule has 0 bridgehead atoms. The number of carbonyl (C=O) groups excluding carboxylic acids is 1. The molecule has 3 rings (SSSR count). The van der Waals surface area contributed by atoms with Crippen LogP contribution in [0.5, 0.6) is 11.5 Å². The molecule has 0 fully saturated rings. The molecule has 8 heteroatoms. The van der Waals surface area contributed by atoms with Crippen molar-refractivity contribution < 1.29 is 18.7 Å². The summed E-state index contributed by atoms with van der Waals surface area (Å²) in [6.07, 6.45) is 0.114. The van der Waals surface area contributed by atoms with Crippen molar-refractivity contribution in [2.75, 3.05) is 24.9 Å². The molecule has 0 unspecified atom stereocenters. The van der Waals surface area contributed by atoms with Gasteiger partial charge in [-0.25, -0.2) is 4.39 Å². The molecule has 1 heterocycles. The number of nitrogens with zero attached hydrogens (tertiary/aromatic N) is 2. The first kappa shape index (κ1) is 19.1. The molecule has 0 radical (unpaired) electrons. The summed E-state index contributed by atoms with van der Waals surface area (Å²) in [5, 5.41) is 13.8. The molecule has 0 aliphatic carbocycles. The van der Waals surface area contributed by atoms with Gasteiger partial charge in [0.15, 0.2) is 11.6 Å². The van der Waals surface area contributed by atoms with Crippen molar-refractivity contribution in [1.29, 1.82) is 0 Å². The van der Waals surface area contributed by atoms with Crippen LogP contribution in [-0.2, 0) is 11.2 Å². The Kier molecular flexibility index (Phi) is 6.01. The number of aromatic nitrogens is 2. The third-order valence-electron chi connectivity index (χ3n) is 3.88. The molecule has 3 aromatic rings. The highest BCUT2D eigenvalue weighted by Crippen LogP contribution is 2.30. The monoisotopic (exact) mass is 382 g/mol. The number of nitrogens with one attached hydrogen (secondary N) is 2. The van der Waals surface area contributed by atoms with Crippen LogP contribution in [0.1, 0.15) is 5.56 Å². The number of anilines is 3. The van der Waals surface area contributed by atoms with Crippen molar-refractivity contribution >= 4 is 23.2 Å². The number of methoxy groups -OCH3 is 2. The maximum atomic E-state index is 12.9. The molecule has 2 N–H and O–H groups in total. The van der Waals surface area contributed by atoms with Crippen molar-refractivity contribution in [3.8, 4) is 11.5 Å². The molecule has 0 atom stereocenters. The van der Waals surface area contributed by atoms with Gasteiger partial charge < -0.3 is 20.1 Å². The summed E-state index contributed by atoms with van der Waals surface area (Å²) in [6.45, 7) is 0. The summed E-state index contributed by atoms with van der Waals surface area (Å²) in [4.78, 5) is 12.1. The van der Waals surface area contributed by atoms with Gasteiger partial charge in [0.25, 0.3) is 0 Å².